The second-order valence-corrected chi connectivity index (χ2v) is 4.83. The summed E-state index contributed by atoms with van der Waals surface area (Å²) in [5.41, 5.74) is -0.322. The van der Waals surface area contributed by atoms with Crippen molar-refractivity contribution >= 4 is 5.91 Å². The lowest BCUT2D eigenvalue weighted by molar-refractivity contribution is -0.140. The van der Waals surface area contributed by atoms with E-state index in [-0.39, 0.29) is 24.0 Å². The SMILES string of the molecule is CC(C)(C)C(=O)N1CCNC(CO)C1. The molecule has 1 heterocycles. The minimum atomic E-state index is -0.322. The number of carbonyl (C=O) groups excluding carboxylic acids is 1. The van der Waals surface area contributed by atoms with E-state index in [1.165, 1.54) is 0 Å². The summed E-state index contributed by atoms with van der Waals surface area (Å²) in [6.07, 6.45) is 0. The summed E-state index contributed by atoms with van der Waals surface area (Å²) in [6, 6.07) is 0.0371. The van der Waals surface area contributed by atoms with Crippen LogP contribution in [0, 0.1) is 5.41 Å². The Morgan fingerprint density at radius 1 is 1.57 bits per heavy atom. The molecule has 1 fully saturated rings. The first-order valence-electron chi connectivity index (χ1n) is 5.09. The van der Waals surface area contributed by atoms with Gasteiger partial charge in [-0.15, -0.1) is 0 Å². The number of rotatable bonds is 1. The van der Waals surface area contributed by atoms with Gasteiger partial charge >= 0.3 is 0 Å². The van der Waals surface area contributed by atoms with Crippen LogP contribution in [-0.4, -0.2) is 48.2 Å². The average Bonchev–Trinajstić information content (AvgIpc) is 2.15. The van der Waals surface area contributed by atoms with Crippen LogP contribution >= 0.6 is 0 Å². The smallest absolute Gasteiger partial charge is 0.228 e. The molecule has 0 aromatic rings. The number of nitrogens with one attached hydrogen (secondary N) is 1. The van der Waals surface area contributed by atoms with Crippen molar-refractivity contribution in [2.45, 2.75) is 26.8 Å². The monoisotopic (exact) mass is 200 g/mol. The van der Waals surface area contributed by atoms with E-state index in [1.807, 2.05) is 25.7 Å². The van der Waals surface area contributed by atoms with Gasteiger partial charge in [0.2, 0.25) is 5.91 Å². The van der Waals surface area contributed by atoms with Crippen molar-refractivity contribution in [1.29, 1.82) is 0 Å². The van der Waals surface area contributed by atoms with Gasteiger partial charge in [-0.05, 0) is 0 Å². The van der Waals surface area contributed by atoms with Crippen molar-refractivity contribution in [2.75, 3.05) is 26.2 Å². The van der Waals surface area contributed by atoms with Crippen molar-refractivity contribution in [3.05, 3.63) is 0 Å². The fourth-order valence-corrected chi connectivity index (χ4v) is 1.61. The summed E-state index contributed by atoms with van der Waals surface area (Å²) in [5.74, 6) is 0.164. The maximum Gasteiger partial charge on any atom is 0.228 e. The van der Waals surface area contributed by atoms with Crippen LogP contribution in [0.25, 0.3) is 0 Å². The van der Waals surface area contributed by atoms with Crippen LogP contribution in [0.3, 0.4) is 0 Å². The topological polar surface area (TPSA) is 52.6 Å². The summed E-state index contributed by atoms with van der Waals surface area (Å²) >= 11 is 0. The highest BCUT2D eigenvalue weighted by Crippen LogP contribution is 2.18. The second-order valence-electron chi connectivity index (χ2n) is 4.83. The molecule has 0 saturated carbocycles. The predicted octanol–water partition coefficient (Wildman–Crippen LogP) is -0.175. The van der Waals surface area contributed by atoms with Crippen LogP contribution in [-0.2, 0) is 4.79 Å². The van der Waals surface area contributed by atoms with E-state index in [2.05, 4.69) is 5.32 Å². The van der Waals surface area contributed by atoms with E-state index in [0.717, 1.165) is 13.1 Å². The minimum absolute atomic E-state index is 0.0371. The van der Waals surface area contributed by atoms with Crippen molar-refractivity contribution in [3.8, 4) is 0 Å². The largest absolute Gasteiger partial charge is 0.395 e. The maximum atomic E-state index is 11.9. The molecule has 0 aliphatic carbocycles. The Kier molecular flexibility index (Phi) is 3.50. The van der Waals surface area contributed by atoms with Crippen LogP contribution < -0.4 is 5.32 Å². The van der Waals surface area contributed by atoms with Crippen molar-refractivity contribution < 1.29 is 9.90 Å². The molecule has 82 valence electrons. The zero-order chi connectivity index (χ0) is 10.8. The average molecular weight is 200 g/mol. The molecule has 0 aromatic carbocycles. The van der Waals surface area contributed by atoms with Crippen molar-refractivity contribution in [3.63, 3.8) is 0 Å². The van der Waals surface area contributed by atoms with Gasteiger partial charge in [-0.1, -0.05) is 20.8 Å². The zero-order valence-corrected chi connectivity index (χ0v) is 9.21. The van der Waals surface area contributed by atoms with E-state index in [4.69, 9.17) is 5.11 Å². The molecule has 0 radical (unpaired) electrons. The Bertz CT molecular complexity index is 211. The van der Waals surface area contributed by atoms with Crippen molar-refractivity contribution in [1.82, 2.24) is 10.2 Å². The highest BCUT2D eigenvalue weighted by molar-refractivity contribution is 5.81. The van der Waals surface area contributed by atoms with E-state index < -0.39 is 0 Å². The molecule has 0 bridgehead atoms. The zero-order valence-electron chi connectivity index (χ0n) is 9.21. The number of aliphatic hydroxyl groups excluding tert-OH is 1. The maximum absolute atomic E-state index is 11.9. The highest BCUT2D eigenvalue weighted by Gasteiger charge is 2.30. The molecule has 1 saturated heterocycles. The summed E-state index contributed by atoms with van der Waals surface area (Å²) in [5, 5.41) is 12.2. The third-order valence-corrected chi connectivity index (χ3v) is 2.40. The van der Waals surface area contributed by atoms with Gasteiger partial charge in [0.1, 0.15) is 0 Å². The Morgan fingerprint density at radius 2 is 2.21 bits per heavy atom. The summed E-state index contributed by atoms with van der Waals surface area (Å²) in [6.45, 7) is 7.99. The number of aliphatic hydroxyl groups is 1. The van der Waals surface area contributed by atoms with E-state index in [1.54, 1.807) is 0 Å². The molecule has 1 aliphatic heterocycles. The molecule has 4 heteroatoms. The molecule has 1 rings (SSSR count). The molecule has 14 heavy (non-hydrogen) atoms. The van der Waals surface area contributed by atoms with Crippen LogP contribution in [0.2, 0.25) is 0 Å². The Balaban J connectivity index is 2.56. The van der Waals surface area contributed by atoms with Crippen LogP contribution in [0.4, 0.5) is 0 Å². The van der Waals surface area contributed by atoms with Gasteiger partial charge in [0.25, 0.3) is 0 Å². The molecule has 1 aliphatic rings. The number of nitrogens with zero attached hydrogens (tertiary/aromatic N) is 1. The molecule has 0 aromatic heterocycles. The molecule has 0 spiro atoms. The third-order valence-electron chi connectivity index (χ3n) is 2.40. The van der Waals surface area contributed by atoms with E-state index in [9.17, 15) is 4.79 Å². The van der Waals surface area contributed by atoms with Crippen molar-refractivity contribution in [2.24, 2.45) is 5.41 Å². The molecule has 1 atom stereocenters. The normalized spacial score (nSPS) is 23.7. The lowest BCUT2D eigenvalue weighted by Crippen LogP contribution is -2.56. The highest BCUT2D eigenvalue weighted by atomic mass is 16.3. The molecule has 4 nitrogen and oxygen atoms in total. The molecular weight excluding hydrogens is 180 g/mol. The fraction of sp³-hybridized carbons (Fsp3) is 0.900. The van der Waals surface area contributed by atoms with E-state index in [0.29, 0.717) is 6.54 Å². The Hall–Kier alpha value is -0.610. The molecule has 1 amide bonds. The summed E-state index contributed by atoms with van der Waals surface area (Å²) < 4.78 is 0. The fourth-order valence-electron chi connectivity index (χ4n) is 1.61. The first-order valence-corrected chi connectivity index (χ1v) is 5.09. The van der Waals surface area contributed by atoms with Gasteiger partial charge in [0, 0.05) is 31.1 Å². The van der Waals surface area contributed by atoms with Crippen LogP contribution in [0.15, 0.2) is 0 Å². The van der Waals surface area contributed by atoms with Gasteiger partial charge < -0.3 is 15.3 Å². The number of amides is 1. The standard InChI is InChI=1S/C10H20N2O2/c1-10(2,3)9(14)12-5-4-11-8(6-12)7-13/h8,11,13H,4-7H2,1-3H3. The number of carbonyl (C=O) groups is 1. The Morgan fingerprint density at radius 3 is 2.71 bits per heavy atom. The van der Waals surface area contributed by atoms with Gasteiger partial charge in [0.15, 0.2) is 0 Å². The van der Waals surface area contributed by atoms with Gasteiger partial charge in [0.05, 0.1) is 6.61 Å². The lowest BCUT2D eigenvalue weighted by atomic mass is 9.94. The number of hydrogen-bond donors (Lipinski definition) is 2. The van der Waals surface area contributed by atoms with E-state index >= 15 is 0 Å². The predicted molar refractivity (Wildman–Crippen MR) is 54.9 cm³/mol. The molecule has 1 unspecified atom stereocenters. The molecule has 2 N–H and O–H groups in total. The summed E-state index contributed by atoms with van der Waals surface area (Å²) in [7, 11) is 0. The van der Waals surface area contributed by atoms with Crippen LogP contribution in [0.5, 0.6) is 0 Å². The summed E-state index contributed by atoms with van der Waals surface area (Å²) in [4.78, 5) is 13.7. The Labute approximate surface area is 85.3 Å². The van der Waals surface area contributed by atoms with Gasteiger partial charge in [-0.25, -0.2) is 0 Å². The number of piperazine rings is 1. The second kappa shape index (κ2) is 4.28. The minimum Gasteiger partial charge on any atom is -0.395 e. The quantitative estimate of drug-likeness (QED) is 0.617. The number of hydrogen-bond acceptors (Lipinski definition) is 3. The molecular formula is C10H20N2O2. The third kappa shape index (κ3) is 2.69. The lowest BCUT2D eigenvalue weighted by Gasteiger charge is -2.36. The first kappa shape index (κ1) is 11.5. The first-order chi connectivity index (χ1) is 6.45. The van der Waals surface area contributed by atoms with Gasteiger partial charge in [-0.3, -0.25) is 4.79 Å². The van der Waals surface area contributed by atoms with Gasteiger partial charge in [-0.2, -0.15) is 0 Å². The van der Waals surface area contributed by atoms with Crippen LogP contribution in [0.1, 0.15) is 20.8 Å².